The lowest BCUT2D eigenvalue weighted by atomic mass is 10.1. The van der Waals surface area contributed by atoms with E-state index in [4.69, 9.17) is 23.1 Å². The average Bonchev–Trinajstić information content (AvgIpc) is 3.10. The number of benzene rings is 1. The number of hydrogen-bond donors (Lipinski definition) is 4. The fourth-order valence-electron chi connectivity index (χ4n) is 3.15. The molecule has 0 fully saturated rings. The minimum atomic E-state index is -0.859. The zero-order valence-corrected chi connectivity index (χ0v) is 19.1. The van der Waals surface area contributed by atoms with Crippen molar-refractivity contribution >= 4 is 46.5 Å². The molecule has 3 amide bonds. The van der Waals surface area contributed by atoms with Gasteiger partial charge in [-0.25, -0.2) is 4.68 Å². The quantitative estimate of drug-likeness (QED) is 0.416. The van der Waals surface area contributed by atoms with Crippen molar-refractivity contribution in [1.29, 1.82) is 0 Å². The molecule has 0 aliphatic rings. The molecule has 0 radical (unpaired) electrons. The molecule has 0 spiro atoms. The van der Waals surface area contributed by atoms with Gasteiger partial charge in [-0.15, -0.1) is 0 Å². The van der Waals surface area contributed by atoms with Gasteiger partial charge >= 0.3 is 0 Å². The molecule has 0 saturated carbocycles. The number of carbonyl (C=O) groups is 3. The first-order chi connectivity index (χ1) is 15.6. The Morgan fingerprint density at radius 3 is 2.42 bits per heavy atom. The molecular formula is C22H24ClN7O3. The second kappa shape index (κ2) is 9.70. The number of amides is 3. The Labute approximate surface area is 195 Å². The van der Waals surface area contributed by atoms with Crippen molar-refractivity contribution in [2.75, 3.05) is 16.4 Å². The average molecular weight is 470 g/mol. The third-order valence-corrected chi connectivity index (χ3v) is 5.05. The van der Waals surface area contributed by atoms with E-state index in [1.165, 1.54) is 10.9 Å². The van der Waals surface area contributed by atoms with Gasteiger partial charge in [0, 0.05) is 11.1 Å². The molecule has 1 aromatic carbocycles. The maximum Gasteiger partial charge on any atom is 0.277 e. The lowest BCUT2D eigenvalue weighted by Crippen LogP contribution is -2.21. The summed E-state index contributed by atoms with van der Waals surface area (Å²) in [5.41, 5.74) is 13.1. The van der Waals surface area contributed by atoms with Gasteiger partial charge in [-0.3, -0.25) is 19.4 Å². The number of nitrogens with zero attached hydrogens (tertiary/aromatic N) is 3. The van der Waals surface area contributed by atoms with Crippen molar-refractivity contribution in [2.45, 2.75) is 33.2 Å². The van der Waals surface area contributed by atoms with Crippen LogP contribution in [0.1, 0.15) is 52.0 Å². The summed E-state index contributed by atoms with van der Waals surface area (Å²) in [7, 11) is 0. The predicted molar refractivity (Wildman–Crippen MR) is 126 cm³/mol. The van der Waals surface area contributed by atoms with E-state index in [0.717, 1.165) is 5.56 Å². The summed E-state index contributed by atoms with van der Waals surface area (Å²) < 4.78 is 1.35. The van der Waals surface area contributed by atoms with Crippen molar-refractivity contribution in [1.82, 2.24) is 14.8 Å². The van der Waals surface area contributed by atoms with Gasteiger partial charge in [0.15, 0.2) is 5.69 Å². The minimum Gasteiger partial charge on any atom is -0.383 e. The van der Waals surface area contributed by atoms with Crippen LogP contribution >= 0.6 is 11.6 Å². The van der Waals surface area contributed by atoms with Crippen molar-refractivity contribution in [3.63, 3.8) is 0 Å². The van der Waals surface area contributed by atoms with E-state index in [1.54, 1.807) is 51.1 Å². The van der Waals surface area contributed by atoms with Crippen LogP contribution in [0.25, 0.3) is 0 Å². The summed E-state index contributed by atoms with van der Waals surface area (Å²) in [6.45, 7) is 5.30. The van der Waals surface area contributed by atoms with Gasteiger partial charge < -0.3 is 22.1 Å². The summed E-state index contributed by atoms with van der Waals surface area (Å²) in [5, 5.41) is 10.2. The Hall–Kier alpha value is -3.92. The molecule has 0 unspecified atom stereocenters. The third-order valence-electron chi connectivity index (χ3n) is 4.79. The zero-order chi connectivity index (χ0) is 24.3. The van der Waals surface area contributed by atoms with Crippen LogP contribution in [-0.4, -0.2) is 32.5 Å². The van der Waals surface area contributed by atoms with Crippen LogP contribution in [0, 0.1) is 6.92 Å². The lowest BCUT2D eigenvalue weighted by Gasteiger charge is -2.11. The standard InChI is InChI=1S/C22H24ClN7O3/c1-11(2)30-20(24)18(21(25)32)19(29-30)22(33)28-16-9-15(10-26-12(16)3)27-17(31)8-13-4-6-14(23)7-5-13/h4-7,9-11H,8,24H2,1-3H3,(H2,25,32)(H,27,31)(H,28,33). The molecule has 2 heterocycles. The molecule has 0 saturated heterocycles. The van der Waals surface area contributed by atoms with E-state index in [1.807, 2.05) is 0 Å². The van der Waals surface area contributed by atoms with Crippen LogP contribution < -0.4 is 22.1 Å². The van der Waals surface area contributed by atoms with Gasteiger partial charge in [-0.1, -0.05) is 23.7 Å². The number of halogens is 1. The molecule has 3 rings (SSSR count). The first kappa shape index (κ1) is 23.7. The molecule has 0 atom stereocenters. The van der Waals surface area contributed by atoms with Crippen LogP contribution in [0.15, 0.2) is 36.5 Å². The number of aryl methyl sites for hydroxylation is 1. The molecule has 0 aliphatic heterocycles. The predicted octanol–water partition coefficient (Wildman–Crippen LogP) is 2.94. The van der Waals surface area contributed by atoms with Crippen LogP contribution in [0.2, 0.25) is 5.02 Å². The number of hydrogen-bond acceptors (Lipinski definition) is 6. The third kappa shape index (κ3) is 5.47. The van der Waals surface area contributed by atoms with Crippen molar-refractivity contribution in [2.24, 2.45) is 5.73 Å². The van der Waals surface area contributed by atoms with E-state index in [2.05, 4.69) is 20.7 Å². The summed E-state index contributed by atoms with van der Waals surface area (Å²) >= 11 is 5.87. The molecule has 11 heteroatoms. The van der Waals surface area contributed by atoms with Crippen LogP contribution in [-0.2, 0) is 11.2 Å². The molecule has 172 valence electrons. The summed E-state index contributed by atoms with van der Waals surface area (Å²) in [4.78, 5) is 41.4. The molecule has 2 aromatic heterocycles. The van der Waals surface area contributed by atoms with E-state index in [-0.39, 0.29) is 35.4 Å². The SMILES string of the molecule is Cc1ncc(NC(=O)Cc2ccc(Cl)cc2)cc1NC(=O)c1nn(C(C)C)c(N)c1C(N)=O. The number of anilines is 3. The topological polar surface area (TPSA) is 158 Å². The highest BCUT2D eigenvalue weighted by molar-refractivity contribution is 6.30. The molecule has 0 bridgehead atoms. The Balaban J connectivity index is 1.79. The molecule has 3 aromatic rings. The van der Waals surface area contributed by atoms with Crippen LogP contribution in [0.5, 0.6) is 0 Å². The van der Waals surface area contributed by atoms with Gasteiger partial charge in [0.05, 0.1) is 29.7 Å². The van der Waals surface area contributed by atoms with Crippen LogP contribution in [0.4, 0.5) is 17.2 Å². The highest BCUT2D eigenvalue weighted by Gasteiger charge is 2.26. The minimum absolute atomic E-state index is 0.0145. The van der Waals surface area contributed by atoms with Crippen molar-refractivity contribution in [3.05, 3.63) is 64.1 Å². The number of pyridine rings is 1. The molecule has 6 N–H and O–H groups in total. The van der Waals surface area contributed by atoms with Gasteiger partial charge in [-0.2, -0.15) is 5.10 Å². The molecular weight excluding hydrogens is 446 g/mol. The zero-order valence-electron chi connectivity index (χ0n) is 18.3. The van der Waals surface area contributed by atoms with E-state index in [0.29, 0.717) is 22.1 Å². The number of rotatable bonds is 7. The lowest BCUT2D eigenvalue weighted by molar-refractivity contribution is -0.115. The fourth-order valence-corrected chi connectivity index (χ4v) is 3.27. The fraction of sp³-hybridized carbons (Fsp3) is 0.227. The smallest absolute Gasteiger partial charge is 0.277 e. The summed E-state index contributed by atoms with van der Waals surface area (Å²) in [6, 6.07) is 8.32. The monoisotopic (exact) mass is 469 g/mol. The number of aromatic nitrogens is 3. The molecule has 33 heavy (non-hydrogen) atoms. The molecule has 0 aliphatic carbocycles. The summed E-state index contributed by atoms with van der Waals surface area (Å²) in [5.74, 6) is -1.78. The van der Waals surface area contributed by atoms with Crippen LogP contribution in [0.3, 0.4) is 0 Å². The number of carbonyl (C=O) groups excluding carboxylic acids is 3. The second-order valence-corrected chi connectivity index (χ2v) is 8.11. The second-order valence-electron chi connectivity index (χ2n) is 7.67. The highest BCUT2D eigenvalue weighted by Crippen LogP contribution is 2.23. The van der Waals surface area contributed by atoms with Gasteiger partial charge in [-0.05, 0) is 44.5 Å². The maximum absolute atomic E-state index is 12.9. The van der Waals surface area contributed by atoms with Crippen molar-refractivity contribution < 1.29 is 14.4 Å². The highest BCUT2D eigenvalue weighted by atomic mass is 35.5. The maximum atomic E-state index is 12.9. The van der Waals surface area contributed by atoms with Gasteiger partial charge in [0.25, 0.3) is 11.8 Å². The first-order valence-corrected chi connectivity index (χ1v) is 10.4. The van der Waals surface area contributed by atoms with E-state index < -0.39 is 11.8 Å². The Kier molecular flexibility index (Phi) is 6.98. The normalized spacial score (nSPS) is 10.8. The number of nitrogens with one attached hydrogen (secondary N) is 2. The Morgan fingerprint density at radius 1 is 1.15 bits per heavy atom. The van der Waals surface area contributed by atoms with E-state index in [9.17, 15) is 14.4 Å². The summed E-state index contributed by atoms with van der Waals surface area (Å²) in [6.07, 6.45) is 1.62. The Bertz CT molecular complexity index is 1220. The largest absolute Gasteiger partial charge is 0.383 e. The van der Waals surface area contributed by atoms with E-state index >= 15 is 0 Å². The van der Waals surface area contributed by atoms with Gasteiger partial charge in [0.2, 0.25) is 5.91 Å². The molecule has 10 nitrogen and oxygen atoms in total. The van der Waals surface area contributed by atoms with Gasteiger partial charge in [0.1, 0.15) is 11.4 Å². The van der Waals surface area contributed by atoms with Crippen molar-refractivity contribution in [3.8, 4) is 0 Å². The number of primary amides is 1. The number of nitrogen functional groups attached to an aromatic ring is 1. The Morgan fingerprint density at radius 2 is 1.82 bits per heavy atom. The number of nitrogens with two attached hydrogens (primary N) is 2. The first-order valence-electron chi connectivity index (χ1n) is 10.1.